The van der Waals surface area contributed by atoms with Crippen molar-refractivity contribution < 1.29 is 32.3 Å². The molecular weight excluding hydrogens is 490 g/mol. The normalized spacial score (nSPS) is 10.9. The van der Waals surface area contributed by atoms with Crippen LogP contribution in [0.2, 0.25) is 0 Å². The number of benzene rings is 3. The van der Waals surface area contributed by atoms with E-state index in [9.17, 15) is 23.3 Å². The van der Waals surface area contributed by atoms with Crippen molar-refractivity contribution in [1.29, 1.82) is 0 Å². The second kappa shape index (κ2) is 11.0. The quantitative estimate of drug-likeness (QED) is 0.318. The second-order valence-electron chi connectivity index (χ2n) is 7.53. The van der Waals surface area contributed by atoms with Gasteiger partial charge in [0.15, 0.2) is 0 Å². The van der Waals surface area contributed by atoms with Crippen LogP contribution in [0.1, 0.15) is 5.56 Å². The van der Waals surface area contributed by atoms with Crippen LogP contribution in [0, 0.1) is 17.0 Å². The third-order valence-electron chi connectivity index (χ3n) is 5.30. The van der Waals surface area contributed by atoms with Crippen LogP contribution in [0.3, 0.4) is 0 Å². The third-order valence-corrected chi connectivity index (χ3v) is 7.07. The number of rotatable bonds is 10. The van der Waals surface area contributed by atoms with E-state index in [2.05, 4.69) is 5.32 Å². The number of anilines is 2. The average Bonchev–Trinajstić information content (AvgIpc) is 2.87. The molecule has 1 N–H and O–H groups in total. The Morgan fingerprint density at radius 1 is 0.944 bits per heavy atom. The van der Waals surface area contributed by atoms with E-state index in [1.165, 1.54) is 52.5 Å². The van der Waals surface area contributed by atoms with E-state index in [1.54, 1.807) is 30.3 Å². The van der Waals surface area contributed by atoms with Gasteiger partial charge in [-0.15, -0.1) is 0 Å². The van der Waals surface area contributed by atoms with Gasteiger partial charge in [-0.1, -0.05) is 6.07 Å². The Labute approximate surface area is 208 Å². The van der Waals surface area contributed by atoms with Crippen LogP contribution in [0.5, 0.6) is 17.2 Å². The first-order valence-electron chi connectivity index (χ1n) is 10.5. The molecule has 0 aliphatic rings. The molecule has 0 saturated carbocycles. The fourth-order valence-electron chi connectivity index (χ4n) is 3.36. The number of nitrogens with one attached hydrogen (secondary N) is 1. The molecule has 1 amide bonds. The Bertz CT molecular complexity index is 1370. The summed E-state index contributed by atoms with van der Waals surface area (Å²) in [6, 6.07) is 14.4. The van der Waals surface area contributed by atoms with Crippen LogP contribution in [0.4, 0.5) is 17.1 Å². The molecule has 0 atom stereocenters. The first-order chi connectivity index (χ1) is 17.1. The van der Waals surface area contributed by atoms with Gasteiger partial charge in [-0.05, 0) is 49.4 Å². The monoisotopic (exact) mass is 515 g/mol. The second-order valence-corrected chi connectivity index (χ2v) is 9.39. The van der Waals surface area contributed by atoms with Gasteiger partial charge in [0.05, 0.1) is 42.5 Å². The lowest BCUT2D eigenvalue weighted by atomic mass is 10.2. The largest absolute Gasteiger partial charge is 0.497 e. The highest BCUT2D eigenvalue weighted by Gasteiger charge is 2.29. The number of sulfonamides is 1. The zero-order valence-electron chi connectivity index (χ0n) is 20.0. The lowest BCUT2D eigenvalue weighted by molar-refractivity contribution is -0.385. The van der Waals surface area contributed by atoms with Crippen molar-refractivity contribution in [2.75, 3.05) is 37.5 Å². The van der Waals surface area contributed by atoms with Crippen LogP contribution in [0.15, 0.2) is 65.6 Å². The number of carbonyl (C=O) groups excluding carboxylic acids is 1. The molecule has 0 spiro atoms. The Kier molecular flexibility index (Phi) is 8.00. The maximum absolute atomic E-state index is 13.6. The molecule has 3 aromatic carbocycles. The van der Waals surface area contributed by atoms with E-state index in [0.717, 1.165) is 10.4 Å². The van der Waals surface area contributed by atoms with Gasteiger partial charge >= 0.3 is 0 Å². The Morgan fingerprint density at radius 3 is 2.17 bits per heavy atom. The molecule has 0 radical (unpaired) electrons. The molecule has 11 nitrogen and oxygen atoms in total. The number of ether oxygens (including phenoxy) is 3. The molecule has 3 rings (SSSR count). The number of carbonyl (C=O) groups is 1. The van der Waals surface area contributed by atoms with Crippen molar-refractivity contribution in [1.82, 2.24) is 0 Å². The minimum absolute atomic E-state index is 0.163. The van der Waals surface area contributed by atoms with Crippen LogP contribution >= 0.6 is 0 Å². The summed E-state index contributed by atoms with van der Waals surface area (Å²) in [6.45, 7) is 0.886. The van der Waals surface area contributed by atoms with Gasteiger partial charge < -0.3 is 19.5 Å². The highest BCUT2D eigenvalue weighted by Crippen LogP contribution is 2.31. The van der Waals surface area contributed by atoms with Gasteiger partial charge in [-0.25, -0.2) is 8.42 Å². The van der Waals surface area contributed by atoms with E-state index in [-0.39, 0.29) is 16.3 Å². The molecule has 12 heteroatoms. The maximum atomic E-state index is 13.6. The van der Waals surface area contributed by atoms with Gasteiger partial charge in [0.1, 0.15) is 23.8 Å². The summed E-state index contributed by atoms with van der Waals surface area (Å²) >= 11 is 0. The van der Waals surface area contributed by atoms with Crippen LogP contribution < -0.4 is 23.8 Å². The van der Waals surface area contributed by atoms with Crippen molar-refractivity contribution in [3.8, 4) is 17.2 Å². The molecule has 0 heterocycles. The molecule has 190 valence electrons. The van der Waals surface area contributed by atoms with Gasteiger partial charge in [0, 0.05) is 17.7 Å². The molecule has 3 aromatic rings. The molecular formula is C24H25N3O8S. The van der Waals surface area contributed by atoms with Crippen molar-refractivity contribution in [2.24, 2.45) is 0 Å². The molecule has 0 saturated heterocycles. The van der Waals surface area contributed by atoms with E-state index >= 15 is 0 Å². The van der Waals surface area contributed by atoms with E-state index in [0.29, 0.717) is 28.5 Å². The number of nitro groups is 1. The van der Waals surface area contributed by atoms with E-state index in [4.69, 9.17) is 14.2 Å². The summed E-state index contributed by atoms with van der Waals surface area (Å²) in [5.41, 5.74) is 0.426. The summed E-state index contributed by atoms with van der Waals surface area (Å²) in [7, 11) is -0.0156. The van der Waals surface area contributed by atoms with Crippen molar-refractivity contribution in [3.63, 3.8) is 0 Å². The number of nitro benzene ring substituents is 1. The fourth-order valence-corrected chi connectivity index (χ4v) is 4.80. The molecule has 0 unspecified atom stereocenters. The fraction of sp³-hybridized carbons (Fsp3) is 0.208. The first kappa shape index (κ1) is 26.3. The zero-order valence-corrected chi connectivity index (χ0v) is 20.9. The topological polar surface area (TPSA) is 137 Å². The highest BCUT2D eigenvalue weighted by atomic mass is 32.2. The molecule has 0 aromatic heterocycles. The molecule has 0 aliphatic heterocycles. The maximum Gasteiger partial charge on any atom is 0.273 e. The smallest absolute Gasteiger partial charge is 0.273 e. The summed E-state index contributed by atoms with van der Waals surface area (Å²) in [4.78, 5) is 23.4. The summed E-state index contributed by atoms with van der Waals surface area (Å²) in [6.07, 6.45) is 0. The van der Waals surface area contributed by atoms with Gasteiger partial charge in [-0.3, -0.25) is 19.2 Å². The number of aryl methyl sites for hydroxylation is 1. The van der Waals surface area contributed by atoms with Crippen LogP contribution in [-0.4, -0.2) is 47.1 Å². The predicted octanol–water partition coefficient (Wildman–Crippen LogP) is 3.76. The van der Waals surface area contributed by atoms with E-state index < -0.39 is 27.4 Å². The lowest BCUT2D eigenvalue weighted by Gasteiger charge is -2.24. The molecule has 0 aliphatic carbocycles. The van der Waals surface area contributed by atoms with Crippen LogP contribution in [0.25, 0.3) is 0 Å². The number of nitrogens with zero attached hydrogens (tertiary/aromatic N) is 2. The number of methoxy groups -OCH3 is 3. The molecule has 0 fully saturated rings. The van der Waals surface area contributed by atoms with Gasteiger partial charge in [-0.2, -0.15) is 0 Å². The molecule has 36 heavy (non-hydrogen) atoms. The Hall–Kier alpha value is -4.32. The summed E-state index contributed by atoms with van der Waals surface area (Å²) in [5.74, 6) is 0.637. The third kappa shape index (κ3) is 5.66. The van der Waals surface area contributed by atoms with Crippen molar-refractivity contribution in [3.05, 3.63) is 76.3 Å². The molecule has 0 bridgehead atoms. The number of amides is 1. The SMILES string of the molecule is COc1ccc(N(CC(=O)Nc2ccc(OC)cc2OC)S(=O)(=O)c2ccc(C)c([N+](=O)[O-])c2)cc1. The average molecular weight is 516 g/mol. The Balaban J connectivity index is 2.01. The summed E-state index contributed by atoms with van der Waals surface area (Å²) < 4.78 is 43.7. The zero-order chi connectivity index (χ0) is 26.5. The van der Waals surface area contributed by atoms with Crippen molar-refractivity contribution >= 4 is 33.0 Å². The lowest BCUT2D eigenvalue weighted by Crippen LogP contribution is -2.38. The standard InChI is InChI=1S/C24H25N3O8S/c1-16-5-11-20(14-22(16)27(29)30)36(31,32)26(17-6-8-18(33-2)9-7-17)15-24(28)25-21-12-10-19(34-3)13-23(21)35-4/h5-14H,15H2,1-4H3,(H,25,28). The summed E-state index contributed by atoms with van der Waals surface area (Å²) in [5, 5.41) is 14.0. The predicted molar refractivity (Wildman–Crippen MR) is 134 cm³/mol. The number of hydrogen-bond acceptors (Lipinski definition) is 8. The number of hydrogen-bond donors (Lipinski definition) is 1. The highest BCUT2D eigenvalue weighted by molar-refractivity contribution is 7.92. The first-order valence-corrected chi connectivity index (χ1v) is 12.0. The van der Waals surface area contributed by atoms with Crippen LogP contribution in [-0.2, 0) is 14.8 Å². The van der Waals surface area contributed by atoms with E-state index in [1.807, 2.05) is 0 Å². The Morgan fingerprint density at radius 2 is 1.58 bits per heavy atom. The minimum Gasteiger partial charge on any atom is -0.497 e. The van der Waals surface area contributed by atoms with Gasteiger partial charge in [0.2, 0.25) is 5.91 Å². The minimum atomic E-state index is -4.38. The van der Waals surface area contributed by atoms with Crippen molar-refractivity contribution in [2.45, 2.75) is 11.8 Å². The van der Waals surface area contributed by atoms with Gasteiger partial charge in [0.25, 0.3) is 15.7 Å².